The fourth-order valence-corrected chi connectivity index (χ4v) is 2.30. The molecule has 0 aromatic heterocycles. The molecule has 5 heteroatoms. The Balaban J connectivity index is 1.72. The topological polar surface area (TPSA) is 78.4 Å². The maximum atomic E-state index is 11.8. The molecule has 1 saturated carbocycles. The maximum absolute atomic E-state index is 11.8. The van der Waals surface area contributed by atoms with Crippen LogP contribution in [0.25, 0.3) is 0 Å². The van der Waals surface area contributed by atoms with E-state index >= 15 is 0 Å². The van der Waals surface area contributed by atoms with Gasteiger partial charge in [0.05, 0.1) is 12.6 Å². The van der Waals surface area contributed by atoms with Crippen molar-refractivity contribution in [2.75, 3.05) is 13.2 Å². The van der Waals surface area contributed by atoms with Gasteiger partial charge in [0.2, 0.25) is 11.8 Å². The number of amides is 2. The third-order valence-electron chi connectivity index (χ3n) is 3.82. The molecule has 114 valence electrons. The van der Waals surface area contributed by atoms with Gasteiger partial charge < -0.3 is 15.7 Å². The number of nitrogens with one attached hydrogen (secondary N) is 2. The summed E-state index contributed by atoms with van der Waals surface area (Å²) in [6.45, 7) is 2.23. The molecule has 1 aliphatic carbocycles. The summed E-state index contributed by atoms with van der Waals surface area (Å²) in [4.78, 5) is 23.5. The van der Waals surface area contributed by atoms with Crippen LogP contribution in [0.15, 0.2) is 30.3 Å². The zero-order chi connectivity index (χ0) is 15.2. The molecule has 3 atom stereocenters. The van der Waals surface area contributed by atoms with E-state index in [1.54, 1.807) is 0 Å². The normalized spacial score (nSPS) is 21.4. The first-order valence-electron chi connectivity index (χ1n) is 7.34. The van der Waals surface area contributed by atoms with Crippen LogP contribution in [0.5, 0.6) is 0 Å². The largest absolute Gasteiger partial charge is 0.394 e. The van der Waals surface area contributed by atoms with Gasteiger partial charge in [-0.3, -0.25) is 9.59 Å². The molecule has 0 aliphatic heterocycles. The summed E-state index contributed by atoms with van der Waals surface area (Å²) in [5.41, 5.74) is 0.865. The standard InChI is InChI=1S/C16H22N2O3/c1-11-9-13(11)16(21)17-8-7-15(20)18-14(10-19)12-5-3-2-4-6-12/h2-6,11,13-14,19H,7-10H2,1H3,(H,17,21)(H,18,20)/t11?,13?,14-/m0/s1. The number of carbonyl (C=O) groups excluding carboxylic acids is 2. The fraction of sp³-hybridized carbons (Fsp3) is 0.500. The summed E-state index contributed by atoms with van der Waals surface area (Å²) >= 11 is 0. The number of hydrogen-bond donors (Lipinski definition) is 3. The highest BCUT2D eigenvalue weighted by molar-refractivity contribution is 5.82. The molecule has 1 aromatic carbocycles. The van der Waals surface area contributed by atoms with E-state index in [1.807, 2.05) is 37.3 Å². The average molecular weight is 290 g/mol. The average Bonchev–Trinajstić information content (AvgIpc) is 3.22. The third kappa shape index (κ3) is 4.56. The summed E-state index contributed by atoms with van der Waals surface area (Å²) in [5.74, 6) is 0.456. The number of aliphatic hydroxyl groups is 1. The monoisotopic (exact) mass is 290 g/mol. The maximum Gasteiger partial charge on any atom is 0.223 e. The van der Waals surface area contributed by atoms with Crippen molar-refractivity contribution in [3.8, 4) is 0 Å². The molecule has 2 amide bonds. The minimum atomic E-state index is -0.405. The summed E-state index contributed by atoms with van der Waals surface area (Å²) in [5, 5.41) is 14.9. The van der Waals surface area contributed by atoms with Gasteiger partial charge in [-0.15, -0.1) is 0 Å². The number of benzene rings is 1. The van der Waals surface area contributed by atoms with Crippen molar-refractivity contribution in [2.45, 2.75) is 25.8 Å². The minimum Gasteiger partial charge on any atom is -0.394 e. The third-order valence-corrected chi connectivity index (χ3v) is 3.82. The lowest BCUT2D eigenvalue weighted by atomic mass is 10.1. The van der Waals surface area contributed by atoms with Crippen molar-refractivity contribution in [2.24, 2.45) is 11.8 Å². The van der Waals surface area contributed by atoms with E-state index in [4.69, 9.17) is 0 Å². The van der Waals surface area contributed by atoms with Crippen LogP contribution in [0.4, 0.5) is 0 Å². The molecule has 1 aromatic rings. The Hall–Kier alpha value is -1.88. The lowest BCUT2D eigenvalue weighted by Crippen LogP contribution is -2.34. The van der Waals surface area contributed by atoms with E-state index in [9.17, 15) is 14.7 Å². The van der Waals surface area contributed by atoms with E-state index in [0.717, 1.165) is 12.0 Å². The zero-order valence-corrected chi connectivity index (χ0v) is 12.2. The second-order valence-electron chi connectivity index (χ2n) is 5.57. The van der Waals surface area contributed by atoms with Gasteiger partial charge in [-0.1, -0.05) is 37.3 Å². The molecule has 5 nitrogen and oxygen atoms in total. The Labute approximate surface area is 124 Å². The number of rotatable bonds is 7. The van der Waals surface area contributed by atoms with Crippen LogP contribution in [-0.4, -0.2) is 30.1 Å². The van der Waals surface area contributed by atoms with Crippen LogP contribution in [0.3, 0.4) is 0 Å². The predicted molar refractivity (Wildman–Crippen MR) is 79.3 cm³/mol. The van der Waals surface area contributed by atoms with Crippen molar-refractivity contribution in [3.05, 3.63) is 35.9 Å². The Morgan fingerprint density at radius 2 is 2.00 bits per heavy atom. The Morgan fingerprint density at radius 3 is 2.57 bits per heavy atom. The summed E-state index contributed by atoms with van der Waals surface area (Å²) in [7, 11) is 0. The van der Waals surface area contributed by atoms with E-state index in [0.29, 0.717) is 12.5 Å². The van der Waals surface area contributed by atoms with Crippen LogP contribution in [0.1, 0.15) is 31.4 Å². The van der Waals surface area contributed by atoms with Crippen molar-refractivity contribution < 1.29 is 14.7 Å². The van der Waals surface area contributed by atoms with Crippen LogP contribution in [0.2, 0.25) is 0 Å². The number of carbonyl (C=O) groups is 2. The first-order valence-corrected chi connectivity index (χ1v) is 7.34. The molecule has 1 fully saturated rings. The second-order valence-corrected chi connectivity index (χ2v) is 5.57. The van der Waals surface area contributed by atoms with Crippen molar-refractivity contribution in [3.63, 3.8) is 0 Å². The first kappa shape index (κ1) is 15.5. The predicted octanol–water partition coefficient (Wildman–Crippen LogP) is 0.998. The first-order chi connectivity index (χ1) is 10.1. The van der Waals surface area contributed by atoms with Gasteiger partial charge in [-0.05, 0) is 17.9 Å². The van der Waals surface area contributed by atoms with Crippen LogP contribution >= 0.6 is 0 Å². The Kier molecular flexibility index (Phi) is 5.33. The van der Waals surface area contributed by atoms with Crippen molar-refractivity contribution in [1.29, 1.82) is 0 Å². The molecule has 2 unspecified atom stereocenters. The smallest absolute Gasteiger partial charge is 0.223 e. The van der Waals surface area contributed by atoms with E-state index in [-0.39, 0.29) is 30.8 Å². The highest BCUT2D eigenvalue weighted by Gasteiger charge is 2.38. The van der Waals surface area contributed by atoms with Crippen LogP contribution < -0.4 is 10.6 Å². The quantitative estimate of drug-likeness (QED) is 0.701. The number of aliphatic hydroxyl groups excluding tert-OH is 1. The SMILES string of the molecule is CC1CC1C(=O)NCCC(=O)N[C@@H](CO)c1ccccc1. The number of hydrogen-bond acceptors (Lipinski definition) is 3. The molecule has 2 rings (SSSR count). The molecule has 0 spiro atoms. The fourth-order valence-electron chi connectivity index (χ4n) is 2.30. The van der Waals surface area contributed by atoms with Gasteiger partial charge in [0.15, 0.2) is 0 Å². The summed E-state index contributed by atoms with van der Waals surface area (Å²) in [6.07, 6.45) is 1.16. The van der Waals surface area contributed by atoms with Crippen molar-refractivity contribution >= 4 is 11.8 Å². The second kappa shape index (κ2) is 7.22. The molecule has 3 N–H and O–H groups in total. The van der Waals surface area contributed by atoms with Gasteiger partial charge in [-0.2, -0.15) is 0 Å². The molecule has 1 aliphatic rings. The molecule has 21 heavy (non-hydrogen) atoms. The minimum absolute atomic E-state index is 0.0390. The lowest BCUT2D eigenvalue weighted by Gasteiger charge is -2.16. The molecule has 0 radical (unpaired) electrons. The van der Waals surface area contributed by atoms with E-state index < -0.39 is 6.04 Å². The Morgan fingerprint density at radius 1 is 1.33 bits per heavy atom. The van der Waals surface area contributed by atoms with E-state index in [1.165, 1.54) is 0 Å². The Bertz CT molecular complexity index is 490. The van der Waals surface area contributed by atoms with Crippen molar-refractivity contribution in [1.82, 2.24) is 10.6 Å². The lowest BCUT2D eigenvalue weighted by molar-refractivity contribution is -0.123. The zero-order valence-electron chi connectivity index (χ0n) is 12.2. The molecule has 0 bridgehead atoms. The molecule has 0 saturated heterocycles. The highest BCUT2D eigenvalue weighted by atomic mass is 16.3. The van der Waals surface area contributed by atoms with Gasteiger partial charge >= 0.3 is 0 Å². The highest BCUT2D eigenvalue weighted by Crippen LogP contribution is 2.37. The molecular weight excluding hydrogens is 268 g/mol. The summed E-state index contributed by atoms with van der Waals surface area (Å²) in [6, 6.07) is 8.92. The van der Waals surface area contributed by atoms with Gasteiger partial charge in [0.25, 0.3) is 0 Å². The van der Waals surface area contributed by atoms with Gasteiger partial charge in [0.1, 0.15) is 0 Å². The van der Waals surface area contributed by atoms with Gasteiger partial charge in [0, 0.05) is 18.9 Å². The van der Waals surface area contributed by atoms with Crippen LogP contribution in [0, 0.1) is 11.8 Å². The van der Waals surface area contributed by atoms with E-state index in [2.05, 4.69) is 10.6 Å². The molecule has 0 heterocycles. The molecular formula is C16H22N2O3. The summed E-state index contributed by atoms with van der Waals surface area (Å²) < 4.78 is 0. The van der Waals surface area contributed by atoms with Gasteiger partial charge in [-0.25, -0.2) is 0 Å². The van der Waals surface area contributed by atoms with Crippen LogP contribution in [-0.2, 0) is 9.59 Å².